The van der Waals surface area contributed by atoms with E-state index in [0.29, 0.717) is 0 Å². The summed E-state index contributed by atoms with van der Waals surface area (Å²) in [5.41, 5.74) is 0. The molecule has 1 atom stereocenters. The van der Waals surface area contributed by atoms with Crippen molar-refractivity contribution < 1.29 is 18.8 Å². The van der Waals surface area contributed by atoms with Crippen molar-refractivity contribution >= 4 is 30.0 Å². The topological polar surface area (TPSA) is 63.6 Å². The SMILES string of the molecule is O=C(CBr)CO[PH](=O)O. The van der Waals surface area contributed by atoms with Gasteiger partial charge in [0.25, 0.3) is 0 Å². The van der Waals surface area contributed by atoms with Gasteiger partial charge in [0.2, 0.25) is 0 Å². The molecule has 0 aromatic heterocycles. The van der Waals surface area contributed by atoms with Gasteiger partial charge in [-0.3, -0.25) is 9.36 Å². The molecular weight excluding hydrogens is 211 g/mol. The first-order chi connectivity index (χ1) is 4.16. The van der Waals surface area contributed by atoms with Gasteiger partial charge in [-0.2, -0.15) is 0 Å². The Morgan fingerprint density at radius 1 is 1.78 bits per heavy atom. The molecule has 0 saturated carbocycles. The van der Waals surface area contributed by atoms with Crippen LogP contribution in [0.3, 0.4) is 0 Å². The van der Waals surface area contributed by atoms with Crippen molar-refractivity contribution in [3.05, 3.63) is 0 Å². The second-order valence-electron chi connectivity index (χ2n) is 1.23. The van der Waals surface area contributed by atoms with Crippen LogP contribution in [0.25, 0.3) is 0 Å². The summed E-state index contributed by atoms with van der Waals surface area (Å²) >= 11 is 2.86. The molecule has 0 bridgehead atoms. The first-order valence-electron chi connectivity index (χ1n) is 2.10. The van der Waals surface area contributed by atoms with Crippen LogP contribution in [0.1, 0.15) is 0 Å². The zero-order valence-corrected chi connectivity index (χ0v) is 7.05. The highest BCUT2D eigenvalue weighted by Crippen LogP contribution is 2.13. The van der Waals surface area contributed by atoms with E-state index in [4.69, 9.17) is 4.89 Å². The lowest BCUT2D eigenvalue weighted by Crippen LogP contribution is -2.05. The van der Waals surface area contributed by atoms with Crippen molar-refractivity contribution in [1.82, 2.24) is 0 Å². The van der Waals surface area contributed by atoms with Crippen LogP contribution in [0.2, 0.25) is 0 Å². The van der Waals surface area contributed by atoms with Gasteiger partial charge in [-0.25, -0.2) is 0 Å². The number of ketones is 1. The first kappa shape index (κ1) is 9.30. The van der Waals surface area contributed by atoms with E-state index >= 15 is 0 Å². The molecular formula is C3H6BrO4P. The Hall–Kier alpha value is 0.300. The number of carbonyl (C=O) groups excluding carboxylic acids is 1. The van der Waals surface area contributed by atoms with Gasteiger partial charge >= 0.3 is 8.25 Å². The largest absolute Gasteiger partial charge is 0.326 e. The van der Waals surface area contributed by atoms with E-state index in [2.05, 4.69) is 20.5 Å². The number of Topliss-reactive ketones (excluding diaryl/α,β-unsaturated/α-hetero) is 1. The number of alkyl halides is 1. The Morgan fingerprint density at radius 3 is 2.67 bits per heavy atom. The Kier molecular flexibility index (Phi) is 5.28. The fourth-order valence-electron chi connectivity index (χ4n) is 0.181. The fourth-order valence-corrected chi connectivity index (χ4v) is 0.627. The molecule has 0 spiro atoms. The molecule has 0 radical (unpaired) electrons. The highest BCUT2D eigenvalue weighted by Gasteiger charge is 1.99. The van der Waals surface area contributed by atoms with E-state index in [1.165, 1.54) is 0 Å². The minimum Gasteiger partial charge on any atom is -0.326 e. The molecule has 0 amide bonds. The van der Waals surface area contributed by atoms with Crippen LogP contribution in [-0.2, 0) is 13.9 Å². The predicted octanol–water partition coefficient (Wildman–Crippen LogP) is 0.349. The molecule has 0 aromatic carbocycles. The number of carbonyl (C=O) groups is 1. The summed E-state index contributed by atoms with van der Waals surface area (Å²) in [6.45, 7) is -0.292. The molecule has 0 rings (SSSR count). The molecule has 54 valence electrons. The first-order valence-corrected chi connectivity index (χ1v) is 4.48. The maximum atomic E-state index is 10.3. The Bertz CT molecular complexity index is 125. The van der Waals surface area contributed by atoms with Gasteiger partial charge in [-0.05, 0) is 0 Å². The maximum Gasteiger partial charge on any atom is 0.317 e. The predicted molar refractivity (Wildman–Crippen MR) is 36.0 cm³/mol. The monoisotopic (exact) mass is 216 g/mol. The Labute approximate surface area is 61.3 Å². The van der Waals surface area contributed by atoms with Gasteiger partial charge in [0.15, 0.2) is 5.78 Å². The third-order valence-corrected chi connectivity index (χ3v) is 1.52. The van der Waals surface area contributed by atoms with Gasteiger partial charge in [0.1, 0.15) is 6.61 Å². The molecule has 1 unspecified atom stereocenters. The molecule has 9 heavy (non-hydrogen) atoms. The zero-order valence-electron chi connectivity index (χ0n) is 4.46. The fraction of sp³-hybridized carbons (Fsp3) is 0.667. The molecule has 0 heterocycles. The van der Waals surface area contributed by atoms with Gasteiger partial charge < -0.3 is 9.42 Å². The molecule has 0 aliphatic heterocycles. The van der Waals surface area contributed by atoms with Gasteiger partial charge in [0.05, 0.1) is 5.33 Å². The summed E-state index contributed by atoms with van der Waals surface area (Å²) in [6, 6.07) is 0. The molecule has 0 saturated heterocycles. The van der Waals surface area contributed by atoms with Crippen molar-refractivity contribution in [2.75, 3.05) is 11.9 Å². The van der Waals surface area contributed by atoms with Crippen LogP contribution in [0.5, 0.6) is 0 Å². The average Bonchev–Trinajstić information content (AvgIpc) is 1.83. The third-order valence-electron chi connectivity index (χ3n) is 0.506. The van der Waals surface area contributed by atoms with Gasteiger partial charge in [-0.15, -0.1) is 0 Å². The lowest BCUT2D eigenvalue weighted by atomic mass is 10.5. The lowest BCUT2D eigenvalue weighted by molar-refractivity contribution is -0.118. The summed E-state index contributed by atoms with van der Waals surface area (Å²) in [4.78, 5) is 18.4. The zero-order chi connectivity index (χ0) is 7.28. The molecule has 0 aromatic rings. The number of hydrogen-bond acceptors (Lipinski definition) is 3. The number of hydrogen-bond donors (Lipinski definition) is 1. The third kappa shape index (κ3) is 6.18. The number of halogens is 1. The second kappa shape index (κ2) is 5.11. The molecule has 0 aliphatic carbocycles. The molecule has 0 aliphatic rings. The Balaban J connectivity index is 3.28. The Morgan fingerprint density at radius 2 is 2.33 bits per heavy atom. The van der Waals surface area contributed by atoms with Crippen molar-refractivity contribution in [2.24, 2.45) is 0 Å². The quantitative estimate of drug-likeness (QED) is 0.545. The van der Waals surface area contributed by atoms with Crippen LogP contribution in [-0.4, -0.2) is 22.6 Å². The van der Waals surface area contributed by atoms with Crippen LogP contribution in [0.4, 0.5) is 0 Å². The number of rotatable bonds is 4. The summed E-state index contributed by atoms with van der Waals surface area (Å²) in [7, 11) is -2.93. The van der Waals surface area contributed by atoms with E-state index in [9.17, 15) is 9.36 Å². The average molecular weight is 217 g/mol. The lowest BCUT2D eigenvalue weighted by Gasteiger charge is -1.93. The normalized spacial score (nSPS) is 13.1. The van der Waals surface area contributed by atoms with E-state index in [-0.39, 0.29) is 17.7 Å². The second-order valence-corrected chi connectivity index (χ2v) is 2.61. The smallest absolute Gasteiger partial charge is 0.317 e. The van der Waals surface area contributed by atoms with Crippen molar-refractivity contribution in [1.29, 1.82) is 0 Å². The molecule has 4 nitrogen and oxygen atoms in total. The highest BCUT2D eigenvalue weighted by molar-refractivity contribution is 9.09. The van der Waals surface area contributed by atoms with Crippen molar-refractivity contribution in [3.63, 3.8) is 0 Å². The van der Waals surface area contributed by atoms with E-state index in [1.54, 1.807) is 0 Å². The summed E-state index contributed by atoms with van der Waals surface area (Å²) < 4.78 is 13.9. The minimum absolute atomic E-state index is 0.155. The van der Waals surface area contributed by atoms with Crippen molar-refractivity contribution in [2.45, 2.75) is 0 Å². The van der Waals surface area contributed by atoms with Crippen LogP contribution in [0, 0.1) is 0 Å². The molecule has 6 heteroatoms. The molecule has 1 N–H and O–H groups in total. The van der Waals surface area contributed by atoms with Crippen LogP contribution < -0.4 is 0 Å². The van der Waals surface area contributed by atoms with Gasteiger partial charge in [0, 0.05) is 0 Å². The standard InChI is InChI=1S/C3H6BrO4P/c4-1-3(5)2-8-9(6)7/h9H,1-2H2,(H,6,7). The van der Waals surface area contributed by atoms with Crippen LogP contribution >= 0.6 is 24.2 Å². The molecule has 0 fully saturated rings. The van der Waals surface area contributed by atoms with E-state index in [0.717, 1.165) is 0 Å². The minimum atomic E-state index is -2.93. The summed E-state index contributed by atoms with van der Waals surface area (Å²) in [5.74, 6) is -0.248. The highest BCUT2D eigenvalue weighted by atomic mass is 79.9. The van der Waals surface area contributed by atoms with Crippen LogP contribution in [0.15, 0.2) is 0 Å². The van der Waals surface area contributed by atoms with E-state index in [1.807, 2.05) is 0 Å². The summed E-state index contributed by atoms with van der Waals surface area (Å²) in [6.07, 6.45) is 0. The summed E-state index contributed by atoms with van der Waals surface area (Å²) in [5, 5.41) is 0.155. The van der Waals surface area contributed by atoms with E-state index < -0.39 is 8.25 Å². The maximum absolute atomic E-state index is 10.3. The van der Waals surface area contributed by atoms with Gasteiger partial charge in [-0.1, -0.05) is 15.9 Å². The van der Waals surface area contributed by atoms with Crippen molar-refractivity contribution in [3.8, 4) is 0 Å².